The number of ether oxygens (including phenoxy) is 1. The topological polar surface area (TPSA) is 102 Å². The van der Waals surface area contributed by atoms with Gasteiger partial charge in [-0.1, -0.05) is 30.0 Å². The molecule has 1 aromatic heterocycles. The van der Waals surface area contributed by atoms with E-state index in [4.69, 9.17) is 0 Å². The van der Waals surface area contributed by atoms with Gasteiger partial charge in [-0.15, -0.1) is 6.58 Å². The van der Waals surface area contributed by atoms with E-state index in [1.807, 2.05) is 0 Å². The molecule has 0 saturated heterocycles. The van der Waals surface area contributed by atoms with Crippen molar-refractivity contribution in [3.8, 4) is 11.4 Å². The van der Waals surface area contributed by atoms with E-state index in [2.05, 4.69) is 26.9 Å². The summed E-state index contributed by atoms with van der Waals surface area (Å²) < 4.78 is 30.4. The normalized spacial score (nSPS) is 10.7. The molecule has 3 amide bonds. The number of hydrogen-bond donors (Lipinski definition) is 2. The quantitative estimate of drug-likeness (QED) is 0.304. The van der Waals surface area contributed by atoms with Gasteiger partial charge in [-0.25, -0.2) is 9.78 Å². The number of carbonyl (C=O) groups excluding carboxylic acids is 2. The van der Waals surface area contributed by atoms with Gasteiger partial charge in [0.1, 0.15) is 5.75 Å². The van der Waals surface area contributed by atoms with Crippen LogP contribution >= 0.6 is 11.8 Å². The van der Waals surface area contributed by atoms with Gasteiger partial charge < -0.3 is 10.1 Å². The fourth-order valence-corrected chi connectivity index (χ4v) is 3.53. The lowest BCUT2D eigenvalue weighted by Gasteiger charge is -2.14. The van der Waals surface area contributed by atoms with Crippen LogP contribution in [-0.2, 0) is 4.79 Å². The predicted octanol–water partition coefficient (Wildman–Crippen LogP) is 3.09. The molecule has 2 N–H and O–H groups in total. The SMILES string of the molecule is C=CCNC(=O)NC(=O)CSc1nc2ccccc2c(=O)n1-c1ccc(OC(F)F)cc1. The molecular formula is C21H18F2N4O4S. The van der Waals surface area contributed by atoms with E-state index in [0.29, 0.717) is 16.6 Å². The van der Waals surface area contributed by atoms with Crippen molar-refractivity contribution in [2.45, 2.75) is 11.8 Å². The van der Waals surface area contributed by atoms with Crippen molar-refractivity contribution in [3.05, 3.63) is 71.5 Å². The molecule has 0 bridgehead atoms. The van der Waals surface area contributed by atoms with Crippen LogP contribution in [0.15, 0.2) is 71.1 Å². The number of aromatic nitrogens is 2. The van der Waals surface area contributed by atoms with Crippen LogP contribution in [0.4, 0.5) is 13.6 Å². The number of carbonyl (C=O) groups is 2. The third kappa shape index (κ3) is 5.70. The molecule has 8 nitrogen and oxygen atoms in total. The zero-order chi connectivity index (χ0) is 23.1. The van der Waals surface area contributed by atoms with Gasteiger partial charge in [0, 0.05) is 6.54 Å². The molecule has 32 heavy (non-hydrogen) atoms. The Morgan fingerprint density at radius 2 is 1.91 bits per heavy atom. The van der Waals surface area contributed by atoms with E-state index in [-0.39, 0.29) is 23.2 Å². The zero-order valence-electron chi connectivity index (χ0n) is 16.6. The van der Waals surface area contributed by atoms with Crippen molar-refractivity contribution in [1.29, 1.82) is 0 Å². The van der Waals surface area contributed by atoms with E-state index in [1.54, 1.807) is 24.3 Å². The molecule has 0 radical (unpaired) electrons. The maximum atomic E-state index is 13.1. The second-order valence-corrected chi connectivity index (χ2v) is 7.20. The molecule has 2 aromatic carbocycles. The summed E-state index contributed by atoms with van der Waals surface area (Å²) in [4.78, 5) is 41.3. The van der Waals surface area contributed by atoms with Gasteiger partial charge in [-0.3, -0.25) is 19.5 Å². The van der Waals surface area contributed by atoms with E-state index < -0.39 is 24.1 Å². The number of para-hydroxylation sites is 1. The number of halogens is 2. The first-order chi connectivity index (χ1) is 15.4. The van der Waals surface area contributed by atoms with Crippen LogP contribution in [0.5, 0.6) is 5.75 Å². The maximum absolute atomic E-state index is 13.1. The molecule has 1 heterocycles. The maximum Gasteiger partial charge on any atom is 0.387 e. The van der Waals surface area contributed by atoms with Gasteiger partial charge in [0.15, 0.2) is 5.16 Å². The minimum atomic E-state index is -2.97. The van der Waals surface area contributed by atoms with Gasteiger partial charge in [-0.05, 0) is 36.4 Å². The Morgan fingerprint density at radius 3 is 2.59 bits per heavy atom. The van der Waals surface area contributed by atoms with Crippen molar-refractivity contribution < 1.29 is 23.1 Å². The van der Waals surface area contributed by atoms with Gasteiger partial charge in [0.25, 0.3) is 5.56 Å². The van der Waals surface area contributed by atoms with Crippen molar-refractivity contribution in [1.82, 2.24) is 20.2 Å². The molecule has 0 unspecified atom stereocenters. The molecule has 0 atom stereocenters. The number of rotatable bonds is 8. The number of alkyl halides is 2. The Morgan fingerprint density at radius 1 is 1.19 bits per heavy atom. The van der Waals surface area contributed by atoms with Crippen LogP contribution in [0.25, 0.3) is 16.6 Å². The Balaban J connectivity index is 1.91. The number of amides is 3. The molecule has 0 aliphatic heterocycles. The lowest BCUT2D eigenvalue weighted by atomic mass is 10.2. The first kappa shape index (κ1) is 22.9. The van der Waals surface area contributed by atoms with Crippen LogP contribution < -0.4 is 20.9 Å². The predicted molar refractivity (Wildman–Crippen MR) is 116 cm³/mol. The van der Waals surface area contributed by atoms with Crippen LogP contribution in [0.3, 0.4) is 0 Å². The number of imide groups is 1. The third-order valence-electron chi connectivity index (χ3n) is 4.06. The van der Waals surface area contributed by atoms with Crippen molar-refractivity contribution in [3.63, 3.8) is 0 Å². The van der Waals surface area contributed by atoms with Gasteiger partial charge in [0.2, 0.25) is 5.91 Å². The lowest BCUT2D eigenvalue weighted by Crippen LogP contribution is -2.40. The second-order valence-electron chi connectivity index (χ2n) is 6.26. The lowest BCUT2D eigenvalue weighted by molar-refractivity contribution is -0.117. The van der Waals surface area contributed by atoms with E-state index in [9.17, 15) is 23.2 Å². The van der Waals surface area contributed by atoms with Crippen molar-refractivity contribution >= 4 is 34.6 Å². The highest BCUT2D eigenvalue weighted by molar-refractivity contribution is 7.99. The fraction of sp³-hybridized carbons (Fsp3) is 0.143. The molecule has 0 aliphatic rings. The number of nitrogens with zero attached hydrogens (tertiary/aromatic N) is 2. The van der Waals surface area contributed by atoms with Crippen molar-refractivity contribution in [2.75, 3.05) is 12.3 Å². The largest absolute Gasteiger partial charge is 0.435 e. The minimum absolute atomic E-state index is 0.0651. The minimum Gasteiger partial charge on any atom is -0.435 e. The fourth-order valence-electron chi connectivity index (χ4n) is 2.72. The van der Waals surface area contributed by atoms with Gasteiger partial charge in [-0.2, -0.15) is 8.78 Å². The summed E-state index contributed by atoms with van der Waals surface area (Å²) in [6.45, 7) is 0.686. The molecule has 0 spiro atoms. The average molecular weight is 460 g/mol. The summed E-state index contributed by atoms with van der Waals surface area (Å²) in [6.07, 6.45) is 1.47. The number of urea groups is 1. The molecule has 0 fully saturated rings. The molecule has 3 rings (SSSR count). The highest BCUT2D eigenvalue weighted by Gasteiger charge is 2.16. The van der Waals surface area contributed by atoms with Crippen LogP contribution in [0.2, 0.25) is 0 Å². The van der Waals surface area contributed by atoms with E-state index >= 15 is 0 Å². The second kappa shape index (κ2) is 10.5. The molecule has 166 valence electrons. The third-order valence-corrected chi connectivity index (χ3v) is 5.00. The number of benzene rings is 2. The summed E-state index contributed by atoms with van der Waals surface area (Å²) in [7, 11) is 0. The molecule has 0 saturated carbocycles. The number of nitrogens with one attached hydrogen (secondary N) is 2. The zero-order valence-corrected chi connectivity index (χ0v) is 17.4. The summed E-state index contributed by atoms with van der Waals surface area (Å²) in [5.41, 5.74) is 0.379. The van der Waals surface area contributed by atoms with Crippen molar-refractivity contribution in [2.24, 2.45) is 0 Å². The molecular weight excluding hydrogens is 442 g/mol. The smallest absolute Gasteiger partial charge is 0.387 e. The van der Waals surface area contributed by atoms with Gasteiger partial charge >= 0.3 is 12.6 Å². The van der Waals surface area contributed by atoms with Crippen LogP contribution in [-0.4, -0.2) is 40.4 Å². The first-order valence-corrected chi connectivity index (χ1v) is 10.3. The Bertz CT molecular complexity index is 1200. The van der Waals surface area contributed by atoms with Gasteiger partial charge in [0.05, 0.1) is 22.3 Å². The summed E-state index contributed by atoms with van der Waals surface area (Å²) in [5.74, 6) is -0.852. The summed E-state index contributed by atoms with van der Waals surface area (Å²) in [6, 6.07) is 11.5. The van der Waals surface area contributed by atoms with Crippen LogP contribution in [0.1, 0.15) is 0 Å². The average Bonchev–Trinajstić information content (AvgIpc) is 2.77. The molecule has 3 aromatic rings. The Hall–Kier alpha value is -3.73. The van der Waals surface area contributed by atoms with E-state index in [0.717, 1.165) is 11.8 Å². The number of fused-ring (bicyclic) bond motifs is 1. The molecule has 0 aliphatic carbocycles. The monoisotopic (exact) mass is 460 g/mol. The highest BCUT2D eigenvalue weighted by atomic mass is 32.2. The first-order valence-electron chi connectivity index (χ1n) is 9.27. The Kier molecular flexibility index (Phi) is 7.55. The summed E-state index contributed by atoms with van der Waals surface area (Å²) in [5, 5.41) is 5.12. The number of hydrogen-bond acceptors (Lipinski definition) is 6. The number of thioether (sulfide) groups is 1. The van der Waals surface area contributed by atoms with Crippen LogP contribution in [0, 0.1) is 0 Å². The van der Waals surface area contributed by atoms with E-state index in [1.165, 1.54) is 34.9 Å². The Labute approximate surface area is 185 Å². The summed E-state index contributed by atoms with van der Waals surface area (Å²) >= 11 is 0.948. The molecule has 11 heteroatoms. The standard InChI is InChI=1S/C21H18F2N4O4S/c1-2-11-24-20(30)26-17(28)12-32-21-25-16-6-4-3-5-15(16)18(29)27(21)13-7-9-14(10-8-13)31-19(22)23/h2-10,19H,1,11-12H2,(H2,24,26,28,30). The highest BCUT2D eigenvalue weighted by Crippen LogP contribution is 2.23.